The van der Waals surface area contributed by atoms with E-state index in [2.05, 4.69) is 17.2 Å². The molecule has 0 spiro atoms. The van der Waals surface area contributed by atoms with Crippen molar-refractivity contribution in [1.29, 1.82) is 0 Å². The summed E-state index contributed by atoms with van der Waals surface area (Å²) >= 11 is 1.64. The summed E-state index contributed by atoms with van der Waals surface area (Å²) in [6, 6.07) is 0. The smallest absolute Gasteiger partial charge is 0.227 e. The molecule has 1 aromatic heterocycles. The highest BCUT2D eigenvalue weighted by Gasteiger charge is 2.32. The van der Waals surface area contributed by atoms with Crippen molar-refractivity contribution in [2.24, 2.45) is 11.1 Å². The number of rotatable bonds is 7. The van der Waals surface area contributed by atoms with Gasteiger partial charge in [-0.1, -0.05) is 20.8 Å². The first-order chi connectivity index (χ1) is 8.61. The molecular formula is C13H23N3OS. The Morgan fingerprint density at radius 2 is 2.11 bits per heavy atom. The number of nitrogens with two attached hydrogens (primary N) is 1. The van der Waals surface area contributed by atoms with Gasteiger partial charge >= 0.3 is 0 Å². The standard InChI is InChI=1S/C13H23N3OS/c1-4-11-16-10(8-18-11)7-15-12(17)13(5-2,6-3)9-14/h8H,4-7,9,14H2,1-3H3,(H,15,17). The van der Waals surface area contributed by atoms with Crippen LogP contribution in [0.5, 0.6) is 0 Å². The van der Waals surface area contributed by atoms with Crippen LogP contribution < -0.4 is 11.1 Å². The minimum absolute atomic E-state index is 0.0426. The Morgan fingerprint density at radius 1 is 1.44 bits per heavy atom. The summed E-state index contributed by atoms with van der Waals surface area (Å²) in [5.74, 6) is 0.0426. The van der Waals surface area contributed by atoms with Gasteiger partial charge < -0.3 is 11.1 Å². The zero-order valence-electron chi connectivity index (χ0n) is 11.5. The first-order valence-corrected chi connectivity index (χ1v) is 7.41. The number of carbonyl (C=O) groups is 1. The maximum atomic E-state index is 12.2. The summed E-state index contributed by atoms with van der Waals surface area (Å²) in [5, 5.41) is 6.06. The molecule has 0 unspecified atom stereocenters. The molecule has 1 rings (SSSR count). The molecule has 0 bridgehead atoms. The molecule has 0 radical (unpaired) electrons. The highest BCUT2D eigenvalue weighted by molar-refractivity contribution is 7.09. The van der Waals surface area contributed by atoms with Crippen LogP contribution in [0.1, 0.15) is 44.3 Å². The maximum Gasteiger partial charge on any atom is 0.227 e. The van der Waals surface area contributed by atoms with E-state index in [9.17, 15) is 4.79 Å². The molecule has 0 aliphatic heterocycles. The van der Waals surface area contributed by atoms with Crippen molar-refractivity contribution >= 4 is 17.2 Å². The number of carbonyl (C=O) groups excluding carboxylic acids is 1. The Kier molecular flexibility index (Phi) is 5.75. The number of hydrogen-bond acceptors (Lipinski definition) is 4. The van der Waals surface area contributed by atoms with E-state index < -0.39 is 5.41 Å². The molecule has 3 N–H and O–H groups in total. The van der Waals surface area contributed by atoms with Gasteiger partial charge in [-0.05, 0) is 19.3 Å². The van der Waals surface area contributed by atoms with E-state index in [0.29, 0.717) is 13.1 Å². The van der Waals surface area contributed by atoms with Gasteiger partial charge in [-0.3, -0.25) is 4.79 Å². The number of thiazole rings is 1. The second-order valence-electron chi connectivity index (χ2n) is 4.46. The Labute approximate surface area is 113 Å². The Bertz CT molecular complexity index is 377. The number of nitrogens with zero attached hydrogens (tertiary/aromatic N) is 1. The van der Waals surface area contributed by atoms with Crippen LogP contribution in [0.15, 0.2) is 5.38 Å². The molecule has 5 heteroatoms. The molecule has 1 heterocycles. The van der Waals surface area contributed by atoms with Crippen LogP contribution >= 0.6 is 11.3 Å². The van der Waals surface area contributed by atoms with Gasteiger partial charge in [-0.2, -0.15) is 0 Å². The third kappa shape index (κ3) is 3.29. The third-order valence-corrected chi connectivity index (χ3v) is 4.60. The van der Waals surface area contributed by atoms with Gasteiger partial charge in [0, 0.05) is 11.9 Å². The normalized spacial score (nSPS) is 11.6. The topological polar surface area (TPSA) is 68.0 Å². The first kappa shape index (κ1) is 15.1. The fourth-order valence-corrected chi connectivity index (χ4v) is 2.65. The number of nitrogens with one attached hydrogen (secondary N) is 1. The summed E-state index contributed by atoms with van der Waals surface area (Å²) in [6.07, 6.45) is 2.47. The first-order valence-electron chi connectivity index (χ1n) is 6.53. The van der Waals surface area contributed by atoms with Gasteiger partial charge in [0.05, 0.1) is 22.7 Å². The van der Waals surface area contributed by atoms with E-state index >= 15 is 0 Å². The second kappa shape index (κ2) is 6.85. The third-order valence-electron chi connectivity index (χ3n) is 3.56. The van der Waals surface area contributed by atoms with E-state index in [1.54, 1.807) is 11.3 Å². The van der Waals surface area contributed by atoms with Crippen LogP contribution in [0.25, 0.3) is 0 Å². The number of amides is 1. The lowest BCUT2D eigenvalue weighted by Crippen LogP contribution is -2.45. The van der Waals surface area contributed by atoms with Gasteiger partial charge in [0.15, 0.2) is 0 Å². The molecule has 0 saturated carbocycles. The van der Waals surface area contributed by atoms with E-state index in [1.807, 2.05) is 19.2 Å². The zero-order valence-corrected chi connectivity index (χ0v) is 12.3. The lowest BCUT2D eigenvalue weighted by molar-refractivity contribution is -0.131. The predicted molar refractivity (Wildman–Crippen MR) is 75.4 cm³/mol. The fraction of sp³-hybridized carbons (Fsp3) is 0.692. The molecule has 0 aromatic carbocycles. The molecule has 1 aromatic rings. The molecule has 0 fully saturated rings. The molecule has 1 amide bonds. The van der Waals surface area contributed by atoms with Crippen LogP contribution in [0.3, 0.4) is 0 Å². The van der Waals surface area contributed by atoms with Crippen molar-refractivity contribution in [3.8, 4) is 0 Å². The van der Waals surface area contributed by atoms with E-state index in [0.717, 1.165) is 30.0 Å². The van der Waals surface area contributed by atoms with Gasteiger partial charge in [-0.25, -0.2) is 4.98 Å². The monoisotopic (exact) mass is 269 g/mol. The lowest BCUT2D eigenvalue weighted by Gasteiger charge is -2.28. The molecule has 0 aliphatic rings. The summed E-state index contributed by atoms with van der Waals surface area (Å²) in [7, 11) is 0. The van der Waals surface area contributed by atoms with Crippen LogP contribution in [0, 0.1) is 5.41 Å². The Morgan fingerprint density at radius 3 is 2.56 bits per heavy atom. The average Bonchev–Trinajstić information content (AvgIpc) is 2.87. The van der Waals surface area contributed by atoms with Gasteiger partial charge in [0.25, 0.3) is 0 Å². The number of hydrogen-bond donors (Lipinski definition) is 2. The Balaban J connectivity index is 2.59. The molecule has 0 saturated heterocycles. The summed E-state index contributed by atoms with van der Waals surface area (Å²) in [6.45, 7) is 6.98. The van der Waals surface area contributed by atoms with Crippen molar-refractivity contribution in [2.75, 3.05) is 6.54 Å². The summed E-state index contributed by atoms with van der Waals surface area (Å²) in [5.41, 5.74) is 6.26. The number of aromatic nitrogens is 1. The quantitative estimate of drug-likeness (QED) is 0.796. The summed E-state index contributed by atoms with van der Waals surface area (Å²) < 4.78 is 0. The minimum atomic E-state index is -0.427. The van der Waals surface area contributed by atoms with Crippen molar-refractivity contribution in [3.05, 3.63) is 16.1 Å². The van der Waals surface area contributed by atoms with Crippen molar-refractivity contribution < 1.29 is 4.79 Å². The van der Waals surface area contributed by atoms with Gasteiger partial charge in [0.1, 0.15) is 0 Å². The fourth-order valence-electron chi connectivity index (χ4n) is 1.90. The molecule has 0 atom stereocenters. The van der Waals surface area contributed by atoms with Crippen LogP contribution in [-0.2, 0) is 17.8 Å². The average molecular weight is 269 g/mol. The van der Waals surface area contributed by atoms with E-state index in [4.69, 9.17) is 5.73 Å². The minimum Gasteiger partial charge on any atom is -0.350 e. The van der Waals surface area contributed by atoms with Crippen LogP contribution in [0.2, 0.25) is 0 Å². The second-order valence-corrected chi connectivity index (χ2v) is 5.40. The van der Waals surface area contributed by atoms with Crippen molar-refractivity contribution in [3.63, 3.8) is 0 Å². The maximum absolute atomic E-state index is 12.2. The highest BCUT2D eigenvalue weighted by Crippen LogP contribution is 2.25. The predicted octanol–water partition coefficient (Wildman–Crippen LogP) is 2.09. The van der Waals surface area contributed by atoms with Crippen LogP contribution in [0.4, 0.5) is 0 Å². The van der Waals surface area contributed by atoms with Gasteiger partial charge in [-0.15, -0.1) is 11.3 Å². The summed E-state index contributed by atoms with van der Waals surface area (Å²) in [4.78, 5) is 16.6. The largest absolute Gasteiger partial charge is 0.350 e. The van der Waals surface area contributed by atoms with Crippen LogP contribution in [-0.4, -0.2) is 17.4 Å². The molecule has 18 heavy (non-hydrogen) atoms. The van der Waals surface area contributed by atoms with E-state index in [-0.39, 0.29) is 5.91 Å². The highest BCUT2D eigenvalue weighted by atomic mass is 32.1. The molecular weight excluding hydrogens is 246 g/mol. The van der Waals surface area contributed by atoms with Gasteiger partial charge in [0.2, 0.25) is 5.91 Å². The lowest BCUT2D eigenvalue weighted by atomic mass is 9.81. The molecule has 0 aliphatic carbocycles. The molecule has 4 nitrogen and oxygen atoms in total. The molecule has 102 valence electrons. The SMILES string of the molecule is CCc1nc(CNC(=O)C(CC)(CC)CN)cs1. The van der Waals surface area contributed by atoms with Crippen molar-refractivity contribution in [1.82, 2.24) is 10.3 Å². The van der Waals surface area contributed by atoms with Crippen molar-refractivity contribution in [2.45, 2.75) is 46.6 Å². The Hall–Kier alpha value is -0.940. The zero-order chi connectivity index (χ0) is 13.6. The van der Waals surface area contributed by atoms with E-state index in [1.165, 1.54) is 0 Å². The number of aryl methyl sites for hydroxylation is 1.